The first kappa shape index (κ1) is 29.8. The van der Waals surface area contributed by atoms with Gasteiger partial charge >= 0.3 is 17.9 Å². The number of aromatic nitrogens is 4. The van der Waals surface area contributed by atoms with E-state index in [4.69, 9.17) is 0 Å². The highest BCUT2D eigenvalue weighted by Gasteiger charge is 2.34. The molecular formula is C31H33F3N7O2+. The molecule has 2 aromatic heterocycles. The summed E-state index contributed by atoms with van der Waals surface area (Å²) < 4.78 is 45.2. The van der Waals surface area contributed by atoms with Gasteiger partial charge in [0.15, 0.2) is 0 Å². The Morgan fingerprint density at radius 1 is 1.02 bits per heavy atom. The van der Waals surface area contributed by atoms with Gasteiger partial charge in [-0.25, -0.2) is 18.8 Å². The first-order chi connectivity index (χ1) is 20.3. The monoisotopic (exact) mass is 592 g/mol. The Bertz CT molecular complexity index is 1740. The number of benzene rings is 2. The molecule has 0 bridgehead atoms. The highest BCUT2D eigenvalue weighted by Crippen LogP contribution is 2.32. The maximum Gasteiger partial charge on any atom is 0.416 e. The Hall–Kier alpha value is -4.63. The van der Waals surface area contributed by atoms with Crippen molar-refractivity contribution in [1.29, 1.82) is 5.26 Å². The molecule has 12 heteroatoms. The maximum absolute atomic E-state index is 14.0. The third kappa shape index (κ3) is 5.85. The van der Waals surface area contributed by atoms with Crippen LogP contribution in [0.5, 0.6) is 0 Å². The molecular weight excluding hydrogens is 559 g/mol. The van der Waals surface area contributed by atoms with Gasteiger partial charge in [-0.3, -0.25) is 4.57 Å². The molecule has 1 amide bonds. The normalized spacial score (nSPS) is 17.4. The molecule has 2 aromatic carbocycles. The van der Waals surface area contributed by atoms with Gasteiger partial charge in [0, 0.05) is 18.9 Å². The molecule has 4 aromatic rings. The van der Waals surface area contributed by atoms with Crippen molar-refractivity contribution in [3.8, 4) is 28.8 Å². The van der Waals surface area contributed by atoms with Crippen LogP contribution in [0.1, 0.15) is 42.5 Å². The molecule has 0 unspecified atom stereocenters. The highest BCUT2D eigenvalue weighted by atomic mass is 19.4. The lowest BCUT2D eigenvalue weighted by atomic mass is 9.89. The molecule has 2 heterocycles. The average molecular weight is 593 g/mol. The Morgan fingerprint density at radius 3 is 2.30 bits per heavy atom. The summed E-state index contributed by atoms with van der Waals surface area (Å²) in [6.45, 7) is 1.59. The number of carbonyl (C=O) groups excluding carboxylic acids is 1. The van der Waals surface area contributed by atoms with Gasteiger partial charge in [0.05, 0.1) is 73.3 Å². The average Bonchev–Trinajstić information content (AvgIpc) is 3.54. The quantitative estimate of drug-likeness (QED) is 0.320. The number of halogens is 3. The topological polar surface area (TPSA) is 97.6 Å². The van der Waals surface area contributed by atoms with E-state index in [9.17, 15) is 28.0 Å². The van der Waals surface area contributed by atoms with Crippen LogP contribution in [0.3, 0.4) is 0 Å². The number of rotatable bonds is 5. The van der Waals surface area contributed by atoms with Crippen molar-refractivity contribution < 1.29 is 22.4 Å². The zero-order valence-electron chi connectivity index (χ0n) is 24.4. The second-order valence-corrected chi connectivity index (χ2v) is 11.8. The first-order valence-electron chi connectivity index (χ1n) is 14.0. The molecule has 1 aliphatic rings. The standard InChI is InChI=1S/C31H32F3N7O2/c1-20-28(27-16-17-36-40(27)24-12-8-21(19-35)9-13-24)39(29(42)37-23-10-14-26(15-11-23)41(2,3)4)30(43)38(20)25-7-5-6-22(18-25)31(32,33)34/h5-9,12-13,16-18,23,26H,10-11,14-15H2,1-4H3/p+1/t23-,26-. The number of amides is 1. The predicted molar refractivity (Wildman–Crippen MR) is 155 cm³/mol. The minimum Gasteiger partial charge on any atom is -0.335 e. The van der Waals surface area contributed by atoms with E-state index in [1.807, 2.05) is 0 Å². The van der Waals surface area contributed by atoms with Crippen molar-refractivity contribution in [2.24, 2.45) is 0 Å². The Morgan fingerprint density at radius 2 is 1.70 bits per heavy atom. The van der Waals surface area contributed by atoms with E-state index in [0.717, 1.165) is 51.4 Å². The van der Waals surface area contributed by atoms with Gasteiger partial charge in [-0.2, -0.15) is 23.5 Å². The van der Waals surface area contributed by atoms with Gasteiger partial charge in [-0.1, -0.05) is 6.07 Å². The minimum atomic E-state index is -4.62. The van der Waals surface area contributed by atoms with Crippen molar-refractivity contribution >= 4 is 6.03 Å². The first-order valence-corrected chi connectivity index (χ1v) is 14.0. The van der Waals surface area contributed by atoms with Crippen LogP contribution in [0.4, 0.5) is 18.0 Å². The van der Waals surface area contributed by atoms with Gasteiger partial charge in [0.25, 0.3) is 0 Å². The molecule has 0 saturated heterocycles. The summed E-state index contributed by atoms with van der Waals surface area (Å²) in [6.07, 6.45) is 0.194. The van der Waals surface area contributed by atoms with E-state index >= 15 is 0 Å². The van der Waals surface area contributed by atoms with Crippen LogP contribution in [0.2, 0.25) is 0 Å². The van der Waals surface area contributed by atoms with Crippen LogP contribution < -0.4 is 11.0 Å². The largest absolute Gasteiger partial charge is 0.416 e. The van der Waals surface area contributed by atoms with E-state index < -0.39 is 23.5 Å². The number of carbonyl (C=O) groups is 1. The number of hydrogen-bond donors (Lipinski definition) is 1. The molecule has 0 aliphatic heterocycles. The second-order valence-electron chi connectivity index (χ2n) is 11.8. The Kier molecular flexibility index (Phi) is 7.79. The summed E-state index contributed by atoms with van der Waals surface area (Å²) in [7, 11) is 6.43. The number of hydrogen-bond acceptors (Lipinski definition) is 4. The lowest BCUT2D eigenvalue weighted by molar-refractivity contribution is -0.897. The molecule has 1 saturated carbocycles. The summed E-state index contributed by atoms with van der Waals surface area (Å²) in [5.41, 5.74) is 0.143. The smallest absolute Gasteiger partial charge is 0.335 e. The van der Waals surface area contributed by atoms with Gasteiger partial charge in [-0.15, -0.1) is 0 Å². The molecule has 0 atom stereocenters. The lowest BCUT2D eigenvalue weighted by Gasteiger charge is -2.38. The van der Waals surface area contributed by atoms with Crippen LogP contribution in [0.15, 0.2) is 65.6 Å². The third-order valence-electron chi connectivity index (χ3n) is 8.17. The van der Waals surface area contributed by atoms with Crippen molar-refractivity contribution in [2.45, 2.75) is 50.9 Å². The summed E-state index contributed by atoms with van der Waals surface area (Å²) in [5, 5.41) is 16.6. The maximum atomic E-state index is 14.0. The van der Waals surface area contributed by atoms with Gasteiger partial charge in [-0.05, 0) is 68.3 Å². The Labute approximate surface area is 247 Å². The van der Waals surface area contributed by atoms with Crippen LogP contribution in [0, 0.1) is 18.3 Å². The van der Waals surface area contributed by atoms with Crippen molar-refractivity contribution in [3.05, 3.63) is 88.1 Å². The molecule has 224 valence electrons. The Balaban J connectivity index is 1.62. The van der Waals surface area contributed by atoms with E-state index in [2.05, 4.69) is 37.6 Å². The number of alkyl halides is 3. The SMILES string of the molecule is Cc1c(-c2ccnn2-c2ccc(C#N)cc2)n(C(=O)N[C@H]2CC[C@H]([N+](C)(C)C)CC2)c(=O)n1-c1cccc(C(F)(F)F)c1. The second kappa shape index (κ2) is 11.2. The zero-order chi connectivity index (χ0) is 31.1. The molecule has 9 nitrogen and oxygen atoms in total. The van der Waals surface area contributed by atoms with Crippen LogP contribution >= 0.6 is 0 Å². The minimum absolute atomic E-state index is 0.0157. The van der Waals surface area contributed by atoms with Crippen LogP contribution in [-0.2, 0) is 6.18 Å². The van der Waals surface area contributed by atoms with Crippen molar-refractivity contribution in [2.75, 3.05) is 21.1 Å². The summed E-state index contributed by atoms with van der Waals surface area (Å²) >= 11 is 0. The zero-order valence-corrected chi connectivity index (χ0v) is 24.4. The van der Waals surface area contributed by atoms with Crippen molar-refractivity contribution in [3.63, 3.8) is 0 Å². The van der Waals surface area contributed by atoms with E-state index in [0.29, 0.717) is 23.0 Å². The van der Waals surface area contributed by atoms with Gasteiger partial charge in [0.1, 0.15) is 5.69 Å². The molecule has 0 spiro atoms. The lowest BCUT2D eigenvalue weighted by Crippen LogP contribution is -2.50. The van der Waals surface area contributed by atoms with Crippen LogP contribution in [0.25, 0.3) is 22.8 Å². The fraction of sp³-hybridized carbons (Fsp3) is 0.355. The fourth-order valence-electron chi connectivity index (χ4n) is 5.82. The highest BCUT2D eigenvalue weighted by molar-refractivity contribution is 5.83. The number of quaternary nitrogens is 1. The molecule has 43 heavy (non-hydrogen) atoms. The summed E-state index contributed by atoms with van der Waals surface area (Å²) in [6, 6.07) is 14.4. The van der Waals surface area contributed by atoms with Gasteiger partial charge in [0.2, 0.25) is 0 Å². The molecule has 0 radical (unpaired) electrons. The summed E-state index contributed by atoms with van der Waals surface area (Å²) in [5.74, 6) is 0. The van der Waals surface area contributed by atoms with E-state index in [-0.39, 0.29) is 23.1 Å². The fourth-order valence-corrected chi connectivity index (χ4v) is 5.82. The number of nitrogens with zero attached hydrogens (tertiary/aromatic N) is 6. The number of imidazole rings is 1. The molecule has 5 rings (SSSR count). The molecule has 1 aliphatic carbocycles. The molecule has 1 N–H and O–H groups in total. The van der Waals surface area contributed by atoms with E-state index in [1.165, 1.54) is 23.0 Å². The van der Waals surface area contributed by atoms with Crippen LogP contribution in [-0.4, -0.2) is 62.7 Å². The summed E-state index contributed by atoms with van der Waals surface area (Å²) in [4.78, 5) is 27.9. The number of nitrogens with one attached hydrogen (secondary N) is 1. The predicted octanol–water partition coefficient (Wildman–Crippen LogP) is 5.27. The molecule has 1 fully saturated rings. The van der Waals surface area contributed by atoms with Crippen molar-refractivity contribution in [1.82, 2.24) is 24.2 Å². The van der Waals surface area contributed by atoms with E-state index in [1.54, 1.807) is 37.3 Å². The number of nitriles is 1. The van der Waals surface area contributed by atoms with Gasteiger partial charge < -0.3 is 9.80 Å². The third-order valence-corrected chi connectivity index (χ3v) is 8.17.